The van der Waals surface area contributed by atoms with Crippen molar-refractivity contribution in [2.45, 2.75) is 18.9 Å². The first-order valence-corrected chi connectivity index (χ1v) is 8.66. The number of ether oxygens (including phenoxy) is 3. The maximum absolute atomic E-state index is 12.1. The maximum Gasteiger partial charge on any atom is 0.333 e. The zero-order chi connectivity index (χ0) is 18.6. The Bertz CT molecular complexity index is 845. The van der Waals surface area contributed by atoms with Gasteiger partial charge in [-0.05, 0) is 35.7 Å². The van der Waals surface area contributed by atoms with E-state index in [0.717, 1.165) is 16.9 Å². The number of benzene rings is 2. The van der Waals surface area contributed by atoms with Gasteiger partial charge in [0, 0.05) is 13.0 Å². The average molecular weight is 369 g/mol. The van der Waals surface area contributed by atoms with Crippen LogP contribution in [-0.4, -0.2) is 31.4 Å². The SMILES string of the molecule is O=C(NCCc1ccc2c(c1)OCO2)NNC(=O)[C@@H]1Cc2ccccc2O1. The van der Waals surface area contributed by atoms with Crippen molar-refractivity contribution in [2.75, 3.05) is 13.3 Å². The highest BCUT2D eigenvalue weighted by atomic mass is 16.7. The van der Waals surface area contributed by atoms with Gasteiger partial charge in [-0.3, -0.25) is 10.2 Å². The first-order chi connectivity index (χ1) is 13.2. The molecule has 0 spiro atoms. The molecule has 140 valence electrons. The number of hydrazine groups is 1. The van der Waals surface area contributed by atoms with Gasteiger partial charge in [0.25, 0.3) is 5.91 Å². The first-order valence-electron chi connectivity index (χ1n) is 8.66. The van der Waals surface area contributed by atoms with Crippen LogP contribution in [0, 0.1) is 0 Å². The lowest BCUT2D eigenvalue weighted by Crippen LogP contribution is -2.51. The molecule has 3 amide bonds. The number of fused-ring (bicyclic) bond motifs is 2. The van der Waals surface area contributed by atoms with Gasteiger partial charge in [0.15, 0.2) is 17.6 Å². The van der Waals surface area contributed by atoms with Crippen molar-refractivity contribution in [2.24, 2.45) is 0 Å². The predicted molar refractivity (Wildman–Crippen MR) is 95.5 cm³/mol. The van der Waals surface area contributed by atoms with Crippen LogP contribution in [0.25, 0.3) is 0 Å². The Hall–Kier alpha value is -3.42. The van der Waals surface area contributed by atoms with Crippen LogP contribution >= 0.6 is 0 Å². The van der Waals surface area contributed by atoms with Crippen LogP contribution in [0.15, 0.2) is 42.5 Å². The quantitative estimate of drug-likeness (QED) is 0.706. The number of para-hydroxylation sites is 1. The molecule has 2 heterocycles. The molecule has 27 heavy (non-hydrogen) atoms. The molecule has 0 radical (unpaired) electrons. The number of hydrogen-bond donors (Lipinski definition) is 3. The van der Waals surface area contributed by atoms with Crippen molar-refractivity contribution in [3.8, 4) is 17.2 Å². The van der Waals surface area contributed by atoms with Gasteiger partial charge in [-0.1, -0.05) is 24.3 Å². The van der Waals surface area contributed by atoms with E-state index in [4.69, 9.17) is 14.2 Å². The van der Waals surface area contributed by atoms with Crippen LogP contribution in [0.4, 0.5) is 4.79 Å². The normalized spacial score (nSPS) is 16.2. The van der Waals surface area contributed by atoms with Crippen molar-refractivity contribution >= 4 is 11.9 Å². The van der Waals surface area contributed by atoms with Gasteiger partial charge < -0.3 is 19.5 Å². The lowest BCUT2D eigenvalue weighted by Gasteiger charge is -2.13. The lowest BCUT2D eigenvalue weighted by molar-refractivity contribution is -0.127. The van der Waals surface area contributed by atoms with Gasteiger partial charge in [-0.25, -0.2) is 10.2 Å². The summed E-state index contributed by atoms with van der Waals surface area (Å²) in [7, 11) is 0. The van der Waals surface area contributed by atoms with Crippen LogP contribution in [0.2, 0.25) is 0 Å². The summed E-state index contributed by atoms with van der Waals surface area (Å²) in [6.45, 7) is 0.641. The van der Waals surface area contributed by atoms with E-state index >= 15 is 0 Å². The van der Waals surface area contributed by atoms with Gasteiger partial charge in [-0.15, -0.1) is 0 Å². The van der Waals surface area contributed by atoms with Crippen molar-refractivity contribution in [3.63, 3.8) is 0 Å². The Balaban J connectivity index is 1.17. The number of urea groups is 1. The monoisotopic (exact) mass is 369 g/mol. The number of carbonyl (C=O) groups excluding carboxylic acids is 2. The van der Waals surface area contributed by atoms with Crippen molar-refractivity contribution in [3.05, 3.63) is 53.6 Å². The number of amides is 3. The van der Waals surface area contributed by atoms with Gasteiger partial charge in [0.1, 0.15) is 5.75 Å². The van der Waals surface area contributed by atoms with Crippen molar-refractivity contribution in [1.82, 2.24) is 16.2 Å². The Morgan fingerprint density at radius 3 is 2.74 bits per heavy atom. The van der Waals surface area contributed by atoms with Crippen molar-refractivity contribution < 1.29 is 23.8 Å². The fourth-order valence-electron chi connectivity index (χ4n) is 2.99. The minimum absolute atomic E-state index is 0.231. The summed E-state index contributed by atoms with van der Waals surface area (Å²) in [5.41, 5.74) is 6.71. The molecular formula is C19H19N3O5. The molecule has 0 unspecified atom stereocenters. The first kappa shape index (κ1) is 17.0. The van der Waals surface area contributed by atoms with E-state index in [-0.39, 0.29) is 6.79 Å². The molecule has 0 fully saturated rings. The summed E-state index contributed by atoms with van der Waals surface area (Å²) in [5, 5.41) is 2.68. The Morgan fingerprint density at radius 2 is 1.85 bits per heavy atom. The maximum atomic E-state index is 12.1. The molecule has 0 saturated heterocycles. The molecule has 2 aromatic carbocycles. The fourth-order valence-corrected chi connectivity index (χ4v) is 2.99. The summed E-state index contributed by atoms with van der Waals surface area (Å²) < 4.78 is 16.2. The van der Waals surface area contributed by atoms with E-state index in [0.29, 0.717) is 30.9 Å². The van der Waals surface area contributed by atoms with E-state index in [2.05, 4.69) is 16.2 Å². The summed E-state index contributed by atoms with van der Waals surface area (Å²) in [6, 6.07) is 12.6. The summed E-state index contributed by atoms with van der Waals surface area (Å²) in [4.78, 5) is 24.0. The molecule has 1 atom stereocenters. The van der Waals surface area contributed by atoms with Crippen LogP contribution in [-0.2, 0) is 17.6 Å². The summed E-state index contributed by atoms with van der Waals surface area (Å²) in [6.07, 6.45) is 0.463. The molecule has 2 aliphatic rings. The van der Waals surface area contributed by atoms with Gasteiger partial charge >= 0.3 is 6.03 Å². The Labute approximate surface area is 155 Å². The molecule has 3 N–H and O–H groups in total. The van der Waals surface area contributed by atoms with Crippen molar-refractivity contribution in [1.29, 1.82) is 0 Å². The second-order valence-electron chi connectivity index (χ2n) is 6.23. The highest BCUT2D eigenvalue weighted by Gasteiger charge is 2.28. The molecule has 0 aliphatic carbocycles. The van der Waals surface area contributed by atoms with Gasteiger partial charge in [0.05, 0.1) is 0 Å². The molecule has 8 nitrogen and oxygen atoms in total. The number of hydrogen-bond acceptors (Lipinski definition) is 5. The topological polar surface area (TPSA) is 97.9 Å². The average Bonchev–Trinajstić information content (AvgIpc) is 3.32. The molecule has 2 aliphatic heterocycles. The van der Waals surface area contributed by atoms with Crippen LogP contribution in [0.3, 0.4) is 0 Å². The Kier molecular flexibility index (Phi) is 4.69. The molecule has 0 bridgehead atoms. The molecule has 2 aromatic rings. The lowest BCUT2D eigenvalue weighted by atomic mass is 10.1. The van der Waals surface area contributed by atoms with Crippen LogP contribution in [0.5, 0.6) is 17.2 Å². The third-order valence-corrected chi connectivity index (χ3v) is 4.38. The van der Waals surface area contributed by atoms with E-state index < -0.39 is 18.0 Å². The van der Waals surface area contributed by atoms with Crippen LogP contribution < -0.4 is 30.4 Å². The van der Waals surface area contributed by atoms with E-state index in [9.17, 15) is 9.59 Å². The number of nitrogens with one attached hydrogen (secondary N) is 3. The largest absolute Gasteiger partial charge is 0.480 e. The third-order valence-electron chi connectivity index (χ3n) is 4.38. The zero-order valence-corrected chi connectivity index (χ0v) is 14.5. The molecule has 8 heteroatoms. The zero-order valence-electron chi connectivity index (χ0n) is 14.5. The standard InChI is InChI=1S/C19H19N3O5/c23-18(17-10-13-3-1-2-4-14(13)27-17)21-22-19(24)20-8-7-12-5-6-15-16(9-12)26-11-25-15/h1-6,9,17H,7-8,10-11H2,(H,21,23)(H2,20,22,24)/t17-/m0/s1. The predicted octanol–water partition coefficient (Wildman–Crippen LogP) is 1.29. The Morgan fingerprint density at radius 1 is 1.00 bits per heavy atom. The molecular weight excluding hydrogens is 350 g/mol. The highest BCUT2D eigenvalue weighted by molar-refractivity contribution is 5.85. The third kappa shape index (κ3) is 3.89. The minimum atomic E-state index is -0.642. The molecule has 4 rings (SSSR count). The summed E-state index contributed by atoms with van der Waals surface area (Å²) in [5.74, 6) is 1.74. The number of rotatable bonds is 4. The minimum Gasteiger partial charge on any atom is -0.480 e. The fraction of sp³-hybridized carbons (Fsp3) is 0.263. The smallest absolute Gasteiger partial charge is 0.333 e. The number of carbonyl (C=O) groups is 2. The molecule has 0 saturated carbocycles. The second-order valence-corrected chi connectivity index (χ2v) is 6.23. The van der Waals surface area contributed by atoms with E-state index in [1.807, 2.05) is 42.5 Å². The molecule has 0 aromatic heterocycles. The van der Waals surface area contributed by atoms with Gasteiger partial charge in [0.2, 0.25) is 6.79 Å². The summed E-state index contributed by atoms with van der Waals surface area (Å²) >= 11 is 0. The second kappa shape index (κ2) is 7.45. The van der Waals surface area contributed by atoms with E-state index in [1.54, 1.807) is 0 Å². The van der Waals surface area contributed by atoms with E-state index in [1.165, 1.54) is 0 Å². The van der Waals surface area contributed by atoms with Gasteiger partial charge in [-0.2, -0.15) is 0 Å². The van der Waals surface area contributed by atoms with Crippen LogP contribution in [0.1, 0.15) is 11.1 Å². The highest BCUT2D eigenvalue weighted by Crippen LogP contribution is 2.32.